The van der Waals surface area contributed by atoms with Crippen LogP contribution in [0.15, 0.2) is 61.1 Å². The quantitative estimate of drug-likeness (QED) is 0.508. The van der Waals surface area contributed by atoms with E-state index in [9.17, 15) is 13.2 Å². The molecule has 2 aliphatic rings. The monoisotopic (exact) mass is 518 g/mol. The molecule has 1 unspecified atom stereocenters. The van der Waals surface area contributed by atoms with Crippen LogP contribution in [0.3, 0.4) is 0 Å². The topological polar surface area (TPSA) is 57.6 Å². The molecule has 3 aromatic rings. The van der Waals surface area contributed by atoms with Crippen molar-refractivity contribution in [3.63, 3.8) is 0 Å². The van der Waals surface area contributed by atoms with Gasteiger partial charge < -0.3 is 9.64 Å². The number of nitrogens with zero attached hydrogens (tertiary/aromatic N) is 6. The molecule has 11 heteroatoms. The van der Waals surface area contributed by atoms with E-state index in [1.165, 1.54) is 12.3 Å². The Kier molecular flexibility index (Phi) is 7.11. The maximum atomic E-state index is 13.7. The van der Waals surface area contributed by atoms with Gasteiger partial charge in [-0.15, -0.1) is 0 Å². The fourth-order valence-electron chi connectivity index (χ4n) is 5.17. The number of anilines is 1. The highest BCUT2D eigenvalue weighted by Crippen LogP contribution is 2.42. The molecule has 0 bridgehead atoms. The van der Waals surface area contributed by atoms with Gasteiger partial charge in [-0.3, -0.25) is 9.80 Å². The Balaban J connectivity index is 1.56. The number of ether oxygens (including phenoxy) is 1. The van der Waals surface area contributed by atoms with Gasteiger partial charge in [0.15, 0.2) is 11.5 Å². The predicted octanol–water partition coefficient (Wildman–Crippen LogP) is 3.90. The number of alkyl halides is 3. The average molecular weight is 519 g/mol. The summed E-state index contributed by atoms with van der Waals surface area (Å²) in [4.78, 5) is 19.6. The second-order valence-corrected chi connectivity index (χ2v) is 9.08. The fourth-order valence-corrected chi connectivity index (χ4v) is 5.43. The van der Waals surface area contributed by atoms with Crippen molar-refractivity contribution in [2.45, 2.75) is 11.8 Å². The molecule has 1 atom stereocenters. The molecule has 7 nitrogen and oxygen atoms in total. The molecule has 0 radical (unpaired) electrons. The van der Waals surface area contributed by atoms with E-state index < -0.39 is 17.4 Å². The van der Waals surface area contributed by atoms with Crippen molar-refractivity contribution in [3.05, 3.63) is 83.0 Å². The SMILES string of the molecule is FC(F)(F)c1cccnc1N1CCN(C(c2ncccn2)(c2ccccc2Cl)N2CCOCC2)CC1. The van der Waals surface area contributed by atoms with Gasteiger partial charge in [0.05, 0.1) is 18.8 Å². The van der Waals surface area contributed by atoms with Gasteiger partial charge in [-0.1, -0.05) is 29.8 Å². The molecule has 4 heterocycles. The van der Waals surface area contributed by atoms with Gasteiger partial charge >= 0.3 is 6.18 Å². The summed E-state index contributed by atoms with van der Waals surface area (Å²) in [5, 5.41) is 0.572. The Labute approximate surface area is 212 Å². The van der Waals surface area contributed by atoms with Gasteiger partial charge in [-0.2, -0.15) is 13.2 Å². The molecule has 2 fully saturated rings. The van der Waals surface area contributed by atoms with Gasteiger partial charge in [0.25, 0.3) is 0 Å². The second kappa shape index (κ2) is 10.3. The van der Waals surface area contributed by atoms with Crippen LogP contribution in [0.4, 0.5) is 19.0 Å². The zero-order chi connectivity index (χ0) is 25.2. The largest absolute Gasteiger partial charge is 0.419 e. The third kappa shape index (κ3) is 4.54. The summed E-state index contributed by atoms with van der Waals surface area (Å²) < 4.78 is 46.7. The zero-order valence-corrected chi connectivity index (χ0v) is 20.3. The van der Waals surface area contributed by atoms with Crippen LogP contribution >= 0.6 is 11.6 Å². The highest BCUT2D eigenvalue weighted by molar-refractivity contribution is 6.31. The summed E-state index contributed by atoms with van der Waals surface area (Å²) in [6, 6.07) is 11.8. The van der Waals surface area contributed by atoms with Gasteiger partial charge in [0.2, 0.25) is 0 Å². The highest BCUT2D eigenvalue weighted by atomic mass is 35.5. The first-order chi connectivity index (χ1) is 17.4. The Bertz CT molecular complexity index is 1170. The molecular weight excluding hydrogens is 493 g/mol. The van der Waals surface area contributed by atoms with Crippen LogP contribution in [-0.4, -0.2) is 77.2 Å². The third-order valence-corrected chi connectivity index (χ3v) is 7.05. The zero-order valence-electron chi connectivity index (χ0n) is 19.5. The number of aromatic nitrogens is 3. The molecule has 0 spiro atoms. The Morgan fingerprint density at radius 3 is 2.00 bits per heavy atom. The van der Waals surface area contributed by atoms with Crippen LogP contribution in [0.25, 0.3) is 0 Å². The maximum absolute atomic E-state index is 13.7. The van der Waals surface area contributed by atoms with Crippen LogP contribution in [0.5, 0.6) is 0 Å². The molecular formula is C25H26ClF3N6O. The van der Waals surface area contributed by atoms with Crippen LogP contribution in [0.1, 0.15) is 17.0 Å². The van der Waals surface area contributed by atoms with E-state index in [4.69, 9.17) is 16.3 Å². The molecule has 1 aromatic carbocycles. The van der Waals surface area contributed by atoms with Crippen molar-refractivity contribution < 1.29 is 17.9 Å². The molecule has 5 rings (SSSR count). The molecule has 36 heavy (non-hydrogen) atoms. The van der Waals surface area contributed by atoms with Crippen molar-refractivity contribution in [3.8, 4) is 0 Å². The van der Waals surface area contributed by atoms with Crippen LogP contribution in [0, 0.1) is 0 Å². The summed E-state index contributed by atoms with van der Waals surface area (Å²) in [5.74, 6) is 0.526. The Morgan fingerprint density at radius 2 is 1.33 bits per heavy atom. The lowest BCUT2D eigenvalue weighted by Gasteiger charge is -2.53. The predicted molar refractivity (Wildman–Crippen MR) is 130 cm³/mol. The first-order valence-corrected chi connectivity index (χ1v) is 12.2. The Hall–Kier alpha value is -2.79. The minimum Gasteiger partial charge on any atom is -0.379 e. The lowest BCUT2D eigenvalue weighted by molar-refractivity contribution is -0.137. The van der Waals surface area contributed by atoms with Gasteiger partial charge in [0.1, 0.15) is 5.82 Å². The Morgan fingerprint density at radius 1 is 0.722 bits per heavy atom. The van der Waals surface area contributed by atoms with E-state index in [1.54, 1.807) is 23.4 Å². The summed E-state index contributed by atoms with van der Waals surface area (Å²) >= 11 is 6.81. The van der Waals surface area contributed by atoms with Crippen molar-refractivity contribution in [1.82, 2.24) is 24.8 Å². The number of pyridine rings is 1. The highest BCUT2D eigenvalue weighted by Gasteiger charge is 2.50. The first-order valence-electron chi connectivity index (χ1n) is 11.8. The summed E-state index contributed by atoms with van der Waals surface area (Å²) in [5.41, 5.74) is -0.802. The second-order valence-electron chi connectivity index (χ2n) is 8.67. The maximum Gasteiger partial charge on any atom is 0.419 e. The smallest absolute Gasteiger partial charge is 0.379 e. The van der Waals surface area contributed by atoms with E-state index in [0.717, 1.165) is 11.6 Å². The number of piperazine rings is 1. The van der Waals surface area contributed by atoms with E-state index in [2.05, 4.69) is 24.8 Å². The van der Waals surface area contributed by atoms with E-state index in [-0.39, 0.29) is 5.82 Å². The summed E-state index contributed by atoms with van der Waals surface area (Å²) in [7, 11) is 0. The van der Waals surface area contributed by atoms with Gasteiger partial charge in [0, 0.05) is 68.4 Å². The number of rotatable bonds is 5. The normalized spacial score (nSPS) is 19.7. The lowest BCUT2D eigenvalue weighted by atomic mass is 9.92. The number of hydrogen-bond acceptors (Lipinski definition) is 7. The molecule has 0 saturated carbocycles. The lowest BCUT2D eigenvalue weighted by Crippen LogP contribution is -2.66. The molecule has 190 valence electrons. The van der Waals surface area contributed by atoms with E-state index in [1.807, 2.05) is 24.3 Å². The van der Waals surface area contributed by atoms with Crippen molar-refractivity contribution in [1.29, 1.82) is 0 Å². The van der Waals surface area contributed by atoms with E-state index >= 15 is 0 Å². The van der Waals surface area contributed by atoms with Gasteiger partial charge in [-0.25, -0.2) is 15.0 Å². The minimum atomic E-state index is -4.48. The molecule has 0 N–H and O–H groups in total. The first kappa shape index (κ1) is 24.9. The van der Waals surface area contributed by atoms with Gasteiger partial charge in [-0.05, 0) is 24.3 Å². The van der Waals surface area contributed by atoms with Crippen molar-refractivity contribution >= 4 is 17.4 Å². The third-order valence-electron chi connectivity index (χ3n) is 6.72. The minimum absolute atomic E-state index is 0.0460. The standard InChI is InChI=1S/C25H26ClF3N6O/c26-21-7-2-1-5-19(21)24(23-31-9-4-10-32-23,35-15-17-36-18-16-35)34-13-11-33(12-14-34)22-20(25(27,28)29)6-3-8-30-22/h1-10H,11-18H2. The number of morpholine rings is 1. The van der Waals surface area contributed by atoms with E-state index in [0.29, 0.717) is 63.3 Å². The summed E-state index contributed by atoms with van der Waals surface area (Å²) in [6.45, 7) is 3.95. The number of hydrogen-bond donors (Lipinski definition) is 0. The van der Waals surface area contributed by atoms with Crippen molar-refractivity contribution in [2.24, 2.45) is 0 Å². The van der Waals surface area contributed by atoms with Crippen molar-refractivity contribution in [2.75, 3.05) is 57.4 Å². The molecule has 2 saturated heterocycles. The molecule has 2 aromatic heterocycles. The molecule has 0 aliphatic carbocycles. The van der Waals surface area contributed by atoms with Crippen LogP contribution in [0.2, 0.25) is 5.02 Å². The number of benzene rings is 1. The van der Waals surface area contributed by atoms with Crippen LogP contribution < -0.4 is 4.90 Å². The summed E-state index contributed by atoms with van der Waals surface area (Å²) in [6.07, 6.45) is 0.326. The molecule has 2 aliphatic heterocycles. The number of halogens is 4. The fraction of sp³-hybridized carbons (Fsp3) is 0.400. The molecule has 0 amide bonds. The average Bonchev–Trinajstić information content (AvgIpc) is 2.91. The van der Waals surface area contributed by atoms with Crippen LogP contribution in [-0.2, 0) is 16.6 Å².